The van der Waals surface area contributed by atoms with E-state index in [9.17, 15) is 4.79 Å². The molecule has 1 atom stereocenters. The highest BCUT2D eigenvalue weighted by molar-refractivity contribution is 5.75. The minimum absolute atomic E-state index is 0.0812. The number of rotatable bonds is 5. The van der Waals surface area contributed by atoms with Gasteiger partial charge in [0.05, 0.1) is 19.3 Å². The number of likely N-dealkylation sites (tertiary alicyclic amines) is 2. The molecule has 0 aromatic heterocycles. The maximum Gasteiger partial charge on any atom is 0.317 e. The number of urea groups is 1. The van der Waals surface area contributed by atoms with Gasteiger partial charge < -0.3 is 19.7 Å². The number of ether oxygens (including phenoxy) is 2. The lowest BCUT2D eigenvalue weighted by Crippen LogP contribution is -2.75. The number of carbonyl (C=O) groups is 1. The summed E-state index contributed by atoms with van der Waals surface area (Å²) in [5.41, 5.74) is 0.0663. The molecule has 0 aromatic carbocycles. The van der Waals surface area contributed by atoms with E-state index in [0.29, 0.717) is 25.4 Å². The Labute approximate surface area is 164 Å². The second-order valence-corrected chi connectivity index (χ2v) is 9.57. The fraction of sp³-hybridized carbons (Fsp3) is 0.952. The van der Waals surface area contributed by atoms with Gasteiger partial charge in [-0.2, -0.15) is 0 Å². The highest BCUT2D eigenvalue weighted by Gasteiger charge is 2.56. The van der Waals surface area contributed by atoms with E-state index < -0.39 is 0 Å². The summed E-state index contributed by atoms with van der Waals surface area (Å²) >= 11 is 0. The summed E-state index contributed by atoms with van der Waals surface area (Å²) in [4.78, 5) is 17.2. The van der Waals surface area contributed by atoms with Crippen LogP contribution in [0.15, 0.2) is 0 Å². The molecule has 1 aliphatic carbocycles. The van der Waals surface area contributed by atoms with Gasteiger partial charge in [0.15, 0.2) is 0 Å². The van der Waals surface area contributed by atoms with Crippen molar-refractivity contribution in [3.05, 3.63) is 0 Å². The number of nitrogens with zero attached hydrogens (tertiary/aromatic N) is 2. The Morgan fingerprint density at radius 1 is 1.11 bits per heavy atom. The van der Waals surface area contributed by atoms with Gasteiger partial charge in [0.1, 0.15) is 0 Å². The van der Waals surface area contributed by atoms with Crippen molar-refractivity contribution in [2.75, 3.05) is 40.0 Å². The molecule has 3 rings (SSSR count). The summed E-state index contributed by atoms with van der Waals surface area (Å²) in [7, 11) is 1.73. The average Bonchev–Trinajstić information content (AvgIpc) is 2.63. The van der Waals surface area contributed by atoms with E-state index in [1.165, 1.54) is 32.1 Å². The van der Waals surface area contributed by atoms with Crippen molar-refractivity contribution in [3.8, 4) is 0 Å². The molecule has 1 N–H and O–H groups in total. The molecule has 156 valence electrons. The number of nitrogens with one attached hydrogen (secondary N) is 1. The highest BCUT2D eigenvalue weighted by Crippen LogP contribution is 2.47. The number of amides is 2. The summed E-state index contributed by atoms with van der Waals surface area (Å²) in [6.45, 7) is 10.2. The van der Waals surface area contributed by atoms with E-state index in [0.717, 1.165) is 32.5 Å². The van der Waals surface area contributed by atoms with Crippen LogP contribution in [0.3, 0.4) is 0 Å². The SMILES string of the molecule is COCCOC1CN(C2CCN(C(=O)NC(C)(C)C)CC2)C12CCCCC2. The summed E-state index contributed by atoms with van der Waals surface area (Å²) in [5, 5.41) is 3.10. The number of hydrogen-bond acceptors (Lipinski definition) is 4. The number of piperidine rings is 1. The predicted molar refractivity (Wildman–Crippen MR) is 107 cm³/mol. The van der Waals surface area contributed by atoms with Gasteiger partial charge in [-0.05, 0) is 46.5 Å². The summed E-state index contributed by atoms with van der Waals surface area (Å²) in [6, 6.07) is 0.668. The molecule has 27 heavy (non-hydrogen) atoms. The normalized spacial score (nSPS) is 26.8. The quantitative estimate of drug-likeness (QED) is 0.744. The van der Waals surface area contributed by atoms with Crippen molar-refractivity contribution >= 4 is 6.03 Å². The molecule has 2 amide bonds. The number of hydrogen-bond donors (Lipinski definition) is 1. The lowest BCUT2D eigenvalue weighted by Gasteiger charge is -2.63. The van der Waals surface area contributed by atoms with Gasteiger partial charge in [-0.25, -0.2) is 4.79 Å². The molecule has 2 aliphatic heterocycles. The van der Waals surface area contributed by atoms with Crippen LogP contribution in [0.25, 0.3) is 0 Å². The molecule has 1 unspecified atom stereocenters. The molecule has 3 fully saturated rings. The summed E-state index contributed by atoms with van der Waals surface area (Å²) in [6.07, 6.45) is 9.00. The molecule has 2 saturated heterocycles. The van der Waals surface area contributed by atoms with E-state index >= 15 is 0 Å². The van der Waals surface area contributed by atoms with E-state index in [1.54, 1.807) is 7.11 Å². The first-order valence-corrected chi connectivity index (χ1v) is 10.8. The van der Waals surface area contributed by atoms with Crippen molar-refractivity contribution < 1.29 is 14.3 Å². The van der Waals surface area contributed by atoms with Crippen molar-refractivity contribution in [2.24, 2.45) is 0 Å². The monoisotopic (exact) mass is 381 g/mol. The van der Waals surface area contributed by atoms with Crippen molar-refractivity contribution in [1.29, 1.82) is 0 Å². The molecule has 6 heteroatoms. The average molecular weight is 382 g/mol. The molecule has 0 aromatic rings. The Kier molecular flexibility index (Phi) is 6.70. The fourth-order valence-electron chi connectivity index (χ4n) is 5.15. The smallest absolute Gasteiger partial charge is 0.317 e. The van der Waals surface area contributed by atoms with E-state index in [4.69, 9.17) is 9.47 Å². The Balaban J connectivity index is 1.55. The first kappa shape index (κ1) is 20.9. The highest BCUT2D eigenvalue weighted by atomic mass is 16.5. The maximum atomic E-state index is 12.4. The zero-order valence-corrected chi connectivity index (χ0v) is 17.8. The number of carbonyl (C=O) groups excluding carboxylic acids is 1. The van der Waals surface area contributed by atoms with Crippen LogP contribution in [-0.2, 0) is 9.47 Å². The molecule has 3 aliphatic rings. The zero-order valence-electron chi connectivity index (χ0n) is 17.8. The Bertz CT molecular complexity index is 491. The van der Waals surface area contributed by atoms with Crippen molar-refractivity contribution in [1.82, 2.24) is 15.1 Å². The van der Waals surface area contributed by atoms with E-state index in [-0.39, 0.29) is 17.1 Å². The predicted octanol–water partition coefficient (Wildman–Crippen LogP) is 3.01. The lowest BCUT2D eigenvalue weighted by molar-refractivity contribution is -0.203. The van der Waals surface area contributed by atoms with Crippen LogP contribution < -0.4 is 5.32 Å². The third-order valence-corrected chi connectivity index (χ3v) is 6.53. The Morgan fingerprint density at radius 3 is 2.37 bits per heavy atom. The molecule has 0 bridgehead atoms. The van der Waals surface area contributed by atoms with Crippen LogP contribution in [-0.4, -0.2) is 79.0 Å². The van der Waals surface area contributed by atoms with Crippen LogP contribution in [0.2, 0.25) is 0 Å². The fourth-order valence-corrected chi connectivity index (χ4v) is 5.15. The molecular weight excluding hydrogens is 342 g/mol. The van der Waals surface area contributed by atoms with Crippen LogP contribution >= 0.6 is 0 Å². The van der Waals surface area contributed by atoms with Gasteiger partial charge in [-0.15, -0.1) is 0 Å². The van der Waals surface area contributed by atoms with Gasteiger partial charge in [-0.3, -0.25) is 4.90 Å². The number of methoxy groups -OCH3 is 1. The van der Waals surface area contributed by atoms with Gasteiger partial charge in [0, 0.05) is 43.9 Å². The van der Waals surface area contributed by atoms with E-state index in [2.05, 4.69) is 10.2 Å². The van der Waals surface area contributed by atoms with Crippen molar-refractivity contribution in [3.63, 3.8) is 0 Å². The van der Waals surface area contributed by atoms with Gasteiger partial charge in [0.2, 0.25) is 0 Å². The molecule has 2 heterocycles. The standard InChI is InChI=1S/C21H39N3O3/c1-20(2,3)22-19(25)23-12-8-17(9-13-23)24-16-18(27-15-14-26-4)21(24)10-6-5-7-11-21/h17-18H,5-16H2,1-4H3,(H,22,25). The summed E-state index contributed by atoms with van der Waals surface area (Å²) in [5.74, 6) is 0. The topological polar surface area (TPSA) is 54.0 Å². The largest absolute Gasteiger partial charge is 0.382 e. The molecule has 1 saturated carbocycles. The molecule has 1 spiro atoms. The van der Waals surface area contributed by atoms with Crippen LogP contribution in [0, 0.1) is 0 Å². The Morgan fingerprint density at radius 2 is 1.78 bits per heavy atom. The Hall–Kier alpha value is -0.850. The van der Waals surface area contributed by atoms with Crippen LogP contribution in [0.1, 0.15) is 65.7 Å². The lowest BCUT2D eigenvalue weighted by atomic mass is 9.69. The first-order valence-electron chi connectivity index (χ1n) is 10.8. The van der Waals surface area contributed by atoms with Crippen molar-refractivity contribution in [2.45, 2.75) is 88.9 Å². The second-order valence-electron chi connectivity index (χ2n) is 9.57. The minimum atomic E-state index is -0.176. The van der Waals surface area contributed by atoms with Crippen LogP contribution in [0.5, 0.6) is 0 Å². The van der Waals surface area contributed by atoms with Gasteiger partial charge in [-0.1, -0.05) is 19.3 Å². The summed E-state index contributed by atoms with van der Waals surface area (Å²) < 4.78 is 11.4. The van der Waals surface area contributed by atoms with E-state index in [1.807, 2.05) is 25.7 Å². The minimum Gasteiger partial charge on any atom is -0.382 e. The third-order valence-electron chi connectivity index (χ3n) is 6.53. The second kappa shape index (κ2) is 8.66. The maximum absolute atomic E-state index is 12.4. The zero-order chi connectivity index (χ0) is 19.5. The van der Waals surface area contributed by atoms with Gasteiger partial charge in [0.25, 0.3) is 0 Å². The molecule has 6 nitrogen and oxygen atoms in total. The molecule has 0 radical (unpaired) electrons. The van der Waals surface area contributed by atoms with Crippen LogP contribution in [0.4, 0.5) is 4.79 Å². The first-order chi connectivity index (χ1) is 12.9. The van der Waals surface area contributed by atoms with Gasteiger partial charge >= 0.3 is 6.03 Å². The molecular formula is C21H39N3O3. The third kappa shape index (κ3) is 4.77.